The third-order valence-electron chi connectivity index (χ3n) is 3.36. The molecule has 2 nitrogen and oxygen atoms in total. The molecule has 1 heterocycles. The molecule has 5 heteroatoms. The van der Waals surface area contributed by atoms with Crippen LogP contribution in [0, 0.1) is 5.82 Å². The lowest BCUT2D eigenvalue weighted by Crippen LogP contribution is -2.32. The number of benzene rings is 1. The van der Waals surface area contributed by atoms with Gasteiger partial charge in [0.2, 0.25) is 0 Å². The minimum absolute atomic E-state index is 0.159. The maximum Gasteiger partial charge on any atom is 0.128 e. The van der Waals surface area contributed by atoms with Crippen molar-refractivity contribution in [2.45, 2.75) is 12.5 Å². The molecule has 1 aromatic heterocycles. The Morgan fingerprint density at radius 3 is 2.85 bits per heavy atom. The van der Waals surface area contributed by atoms with Crippen molar-refractivity contribution in [1.29, 1.82) is 0 Å². The zero-order valence-corrected chi connectivity index (χ0v) is 12.9. The maximum atomic E-state index is 13.9. The molecule has 20 heavy (non-hydrogen) atoms. The Morgan fingerprint density at radius 2 is 2.20 bits per heavy atom. The Kier molecular flexibility index (Phi) is 5.54. The zero-order chi connectivity index (χ0) is 14.5. The molecule has 0 spiro atoms. The van der Waals surface area contributed by atoms with Crippen molar-refractivity contribution in [1.82, 2.24) is 4.90 Å². The molecule has 0 saturated heterocycles. The van der Waals surface area contributed by atoms with Crippen LogP contribution >= 0.6 is 22.9 Å². The molecule has 1 unspecified atom stereocenters. The topological polar surface area (TPSA) is 29.3 Å². The van der Waals surface area contributed by atoms with Gasteiger partial charge in [0, 0.05) is 34.6 Å². The number of hydrogen-bond acceptors (Lipinski definition) is 3. The van der Waals surface area contributed by atoms with Crippen molar-refractivity contribution in [3.63, 3.8) is 0 Å². The standard InChI is InChI=1S/C15H18ClFN2S/c1-19(7-6-12-3-2-8-20-12)15(10-18)13-9-11(16)4-5-14(13)17/h2-5,8-9,15H,6-7,10,18H2,1H3. The molecule has 0 bridgehead atoms. The van der Waals surface area contributed by atoms with Crippen LogP contribution in [0.2, 0.25) is 5.02 Å². The quantitative estimate of drug-likeness (QED) is 0.881. The Bertz CT molecular complexity index is 545. The molecule has 0 aliphatic rings. The number of likely N-dealkylation sites (N-methyl/N-ethyl adjacent to an activating group) is 1. The third kappa shape index (κ3) is 3.79. The molecule has 0 aliphatic carbocycles. The number of nitrogens with zero attached hydrogens (tertiary/aromatic N) is 1. The number of thiophene rings is 1. The van der Waals surface area contributed by atoms with Gasteiger partial charge < -0.3 is 5.73 Å². The fraction of sp³-hybridized carbons (Fsp3) is 0.333. The van der Waals surface area contributed by atoms with Crippen molar-refractivity contribution in [2.24, 2.45) is 5.73 Å². The lowest BCUT2D eigenvalue weighted by atomic mass is 10.0. The van der Waals surface area contributed by atoms with Gasteiger partial charge in [0.1, 0.15) is 5.82 Å². The number of hydrogen-bond donors (Lipinski definition) is 1. The molecule has 0 fully saturated rings. The first-order valence-electron chi connectivity index (χ1n) is 6.49. The molecular formula is C15H18ClFN2S. The Labute approximate surface area is 128 Å². The average Bonchev–Trinajstić information content (AvgIpc) is 2.94. The van der Waals surface area contributed by atoms with Gasteiger partial charge in [-0.3, -0.25) is 4.90 Å². The van der Waals surface area contributed by atoms with Crippen molar-refractivity contribution < 1.29 is 4.39 Å². The monoisotopic (exact) mass is 312 g/mol. The summed E-state index contributed by atoms with van der Waals surface area (Å²) in [5.41, 5.74) is 6.39. The lowest BCUT2D eigenvalue weighted by molar-refractivity contribution is 0.248. The highest BCUT2D eigenvalue weighted by Crippen LogP contribution is 2.25. The molecule has 0 radical (unpaired) electrons. The average molecular weight is 313 g/mol. The van der Waals surface area contributed by atoms with Crippen LogP contribution in [0.4, 0.5) is 4.39 Å². The van der Waals surface area contributed by atoms with Crippen molar-refractivity contribution in [3.05, 3.63) is 57.0 Å². The van der Waals surface area contributed by atoms with Crippen LogP contribution in [0.1, 0.15) is 16.5 Å². The highest BCUT2D eigenvalue weighted by atomic mass is 35.5. The van der Waals surface area contributed by atoms with Gasteiger partial charge in [-0.1, -0.05) is 17.7 Å². The summed E-state index contributed by atoms with van der Waals surface area (Å²) in [6.45, 7) is 1.19. The van der Waals surface area contributed by atoms with Crippen LogP contribution < -0.4 is 5.73 Å². The van der Waals surface area contributed by atoms with Gasteiger partial charge in [-0.05, 0) is 43.1 Å². The Balaban J connectivity index is 2.08. The number of rotatable bonds is 6. The molecular weight excluding hydrogens is 295 g/mol. The summed E-state index contributed by atoms with van der Waals surface area (Å²) in [4.78, 5) is 3.40. The van der Waals surface area contributed by atoms with Gasteiger partial charge in [0.05, 0.1) is 0 Å². The van der Waals surface area contributed by atoms with Gasteiger partial charge in [-0.25, -0.2) is 4.39 Å². The predicted octanol–water partition coefficient (Wildman–Crippen LogP) is 3.71. The van der Waals surface area contributed by atoms with E-state index in [4.69, 9.17) is 17.3 Å². The second-order valence-electron chi connectivity index (χ2n) is 4.73. The first kappa shape index (κ1) is 15.4. The molecule has 108 valence electrons. The summed E-state index contributed by atoms with van der Waals surface area (Å²) >= 11 is 7.69. The van der Waals surface area contributed by atoms with E-state index in [-0.39, 0.29) is 11.9 Å². The van der Waals surface area contributed by atoms with E-state index in [1.165, 1.54) is 10.9 Å². The highest BCUT2D eigenvalue weighted by Gasteiger charge is 2.19. The largest absolute Gasteiger partial charge is 0.329 e. The fourth-order valence-corrected chi connectivity index (χ4v) is 3.09. The van der Waals surface area contributed by atoms with Crippen LogP contribution in [0.15, 0.2) is 35.7 Å². The predicted molar refractivity (Wildman–Crippen MR) is 83.9 cm³/mol. The SMILES string of the molecule is CN(CCc1cccs1)C(CN)c1cc(Cl)ccc1F. The van der Waals surface area contributed by atoms with Crippen molar-refractivity contribution in [2.75, 3.05) is 20.1 Å². The number of nitrogens with two attached hydrogens (primary N) is 1. The van der Waals surface area contributed by atoms with Crippen LogP contribution in [0.5, 0.6) is 0 Å². The van der Waals surface area contributed by atoms with E-state index in [1.807, 2.05) is 13.1 Å². The van der Waals surface area contributed by atoms with Crippen LogP contribution in [-0.2, 0) is 6.42 Å². The van der Waals surface area contributed by atoms with Crippen LogP contribution in [0.3, 0.4) is 0 Å². The molecule has 0 aliphatic heterocycles. The van der Waals surface area contributed by atoms with Gasteiger partial charge in [-0.2, -0.15) is 0 Å². The van der Waals surface area contributed by atoms with E-state index in [0.717, 1.165) is 13.0 Å². The molecule has 0 amide bonds. The maximum absolute atomic E-state index is 13.9. The fourth-order valence-electron chi connectivity index (χ4n) is 2.21. The summed E-state index contributed by atoms with van der Waals surface area (Å²) in [5.74, 6) is -0.257. The van der Waals surface area contributed by atoms with Crippen molar-refractivity contribution >= 4 is 22.9 Å². The van der Waals surface area contributed by atoms with Crippen molar-refractivity contribution in [3.8, 4) is 0 Å². The van der Waals surface area contributed by atoms with Gasteiger partial charge in [0.25, 0.3) is 0 Å². The van der Waals surface area contributed by atoms with E-state index in [0.29, 0.717) is 17.1 Å². The normalized spacial score (nSPS) is 12.8. The Morgan fingerprint density at radius 1 is 1.40 bits per heavy atom. The van der Waals surface area contributed by atoms with Gasteiger partial charge in [-0.15, -0.1) is 11.3 Å². The zero-order valence-electron chi connectivity index (χ0n) is 11.4. The van der Waals surface area contributed by atoms with Gasteiger partial charge >= 0.3 is 0 Å². The van der Waals surface area contributed by atoms with Crippen LogP contribution in [-0.4, -0.2) is 25.0 Å². The molecule has 2 N–H and O–H groups in total. The smallest absolute Gasteiger partial charge is 0.128 e. The molecule has 1 aromatic carbocycles. The lowest BCUT2D eigenvalue weighted by Gasteiger charge is -2.27. The van der Waals surface area contributed by atoms with Gasteiger partial charge in [0.15, 0.2) is 0 Å². The summed E-state index contributed by atoms with van der Waals surface area (Å²) in [6.07, 6.45) is 0.937. The van der Waals surface area contributed by atoms with E-state index in [2.05, 4.69) is 16.3 Å². The van der Waals surface area contributed by atoms with E-state index >= 15 is 0 Å². The molecule has 1 atom stereocenters. The second-order valence-corrected chi connectivity index (χ2v) is 6.20. The van der Waals surface area contributed by atoms with Crippen LogP contribution in [0.25, 0.3) is 0 Å². The van der Waals surface area contributed by atoms with E-state index in [1.54, 1.807) is 23.5 Å². The Hall–Kier alpha value is -0.940. The third-order valence-corrected chi connectivity index (χ3v) is 4.53. The van der Waals surface area contributed by atoms with E-state index in [9.17, 15) is 4.39 Å². The second kappa shape index (κ2) is 7.18. The first-order chi connectivity index (χ1) is 9.61. The summed E-state index contributed by atoms with van der Waals surface area (Å²) < 4.78 is 13.9. The molecule has 2 rings (SSSR count). The van der Waals surface area contributed by atoms with E-state index < -0.39 is 0 Å². The first-order valence-corrected chi connectivity index (χ1v) is 7.75. The minimum atomic E-state index is -0.257. The number of halogens is 2. The molecule has 0 saturated carbocycles. The summed E-state index contributed by atoms with van der Waals surface area (Å²) in [7, 11) is 1.96. The molecule has 2 aromatic rings. The summed E-state index contributed by atoms with van der Waals surface area (Å²) in [6, 6.07) is 8.60. The summed E-state index contributed by atoms with van der Waals surface area (Å²) in [5, 5.41) is 2.60. The highest BCUT2D eigenvalue weighted by molar-refractivity contribution is 7.09. The minimum Gasteiger partial charge on any atom is -0.329 e.